The van der Waals surface area contributed by atoms with Crippen LogP contribution in [-0.2, 0) is 11.3 Å². The maximum Gasteiger partial charge on any atom is 0.260 e. The molecule has 2 aromatic carbocycles. The van der Waals surface area contributed by atoms with Crippen LogP contribution in [0.3, 0.4) is 0 Å². The number of nitrogens with zero attached hydrogens (tertiary/aromatic N) is 2. The molecule has 4 rings (SSSR count). The molecular weight excluding hydrogens is 298 g/mol. The minimum absolute atomic E-state index is 0.157. The number of rotatable bonds is 4. The first-order chi connectivity index (χ1) is 11.8. The Morgan fingerprint density at radius 1 is 1.17 bits per heavy atom. The molecule has 1 aromatic heterocycles. The number of fused-ring (bicyclic) bond motifs is 1. The van der Waals surface area contributed by atoms with Gasteiger partial charge in [-0.25, -0.2) is 9.55 Å². The molecule has 0 bridgehead atoms. The van der Waals surface area contributed by atoms with Gasteiger partial charge < -0.3 is 4.90 Å². The topological polar surface area (TPSA) is 40.0 Å². The highest BCUT2D eigenvalue weighted by Crippen LogP contribution is 2.30. The molecule has 120 valence electrons. The molecule has 4 heteroatoms. The Balaban J connectivity index is 1.72. The Morgan fingerprint density at radius 2 is 1.92 bits per heavy atom. The number of hydrogen-bond donors (Lipinski definition) is 1. The number of para-hydroxylation sites is 3. The van der Waals surface area contributed by atoms with Crippen LogP contribution in [0.4, 0.5) is 5.69 Å². The molecule has 1 atom stereocenters. The van der Waals surface area contributed by atoms with Crippen LogP contribution in [0.5, 0.6) is 0 Å². The number of nitrogens with one attached hydrogen (secondary N) is 1. The van der Waals surface area contributed by atoms with E-state index < -0.39 is 0 Å². The van der Waals surface area contributed by atoms with Gasteiger partial charge in [0.1, 0.15) is 6.54 Å². The summed E-state index contributed by atoms with van der Waals surface area (Å²) in [4.78, 5) is 17.9. The summed E-state index contributed by atoms with van der Waals surface area (Å²) in [7, 11) is 0. The van der Waals surface area contributed by atoms with E-state index in [4.69, 9.17) is 0 Å². The molecule has 1 aliphatic rings. The molecule has 1 amide bonds. The maximum atomic E-state index is 12.5. The van der Waals surface area contributed by atoms with Gasteiger partial charge in [0.15, 0.2) is 11.0 Å². The van der Waals surface area contributed by atoms with Crippen LogP contribution in [0.15, 0.2) is 67.3 Å². The van der Waals surface area contributed by atoms with Crippen molar-refractivity contribution in [1.82, 2.24) is 4.98 Å². The molecule has 4 nitrogen and oxygen atoms in total. The zero-order valence-corrected chi connectivity index (χ0v) is 13.5. The predicted molar refractivity (Wildman–Crippen MR) is 94.8 cm³/mol. The first-order valence-electron chi connectivity index (χ1n) is 8.24. The molecule has 1 unspecified atom stereocenters. The molecule has 0 saturated carbocycles. The van der Waals surface area contributed by atoms with Crippen molar-refractivity contribution < 1.29 is 9.36 Å². The van der Waals surface area contributed by atoms with Gasteiger partial charge in [-0.1, -0.05) is 43.0 Å². The van der Waals surface area contributed by atoms with Crippen LogP contribution in [0.25, 0.3) is 11.0 Å². The van der Waals surface area contributed by atoms with Crippen molar-refractivity contribution in [2.24, 2.45) is 0 Å². The molecule has 1 N–H and O–H groups in total. The molecule has 0 radical (unpaired) electrons. The standard InChI is InChI=1S/C20H19N3O/c1-2-12-22-18-11-7-6-10-17(18)21-20(22)15-13-19(24)23(14-15)16-8-4-3-5-9-16/h2-11,15H,1,12-14H2/p+1. The summed E-state index contributed by atoms with van der Waals surface area (Å²) in [5, 5.41) is 0. The second kappa shape index (κ2) is 5.96. The lowest BCUT2D eigenvalue weighted by atomic mass is 10.1. The number of benzene rings is 2. The summed E-state index contributed by atoms with van der Waals surface area (Å²) in [6.07, 6.45) is 2.42. The lowest BCUT2D eigenvalue weighted by Crippen LogP contribution is -2.38. The van der Waals surface area contributed by atoms with Crippen LogP contribution >= 0.6 is 0 Å². The Labute approximate surface area is 141 Å². The predicted octanol–water partition coefficient (Wildman–Crippen LogP) is 3.16. The third-order valence-corrected chi connectivity index (χ3v) is 4.64. The molecule has 0 spiro atoms. The van der Waals surface area contributed by atoms with E-state index in [0.717, 1.165) is 29.1 Å². The lowest BCUT2D eigenvalue weighted by Gasteiger charge is -2.15. The van der Waals surface area contributed by atoms with Crippen LogP contribution in [0.1, 0.15) is 18.2 Å². The third-order valence-electron chi connectivity index (χ3n) is 4.64. The second-order valence-corrected chi connectivity index (χ2v) is 6.17. The van der Waals surface area contributed by atoms with Crippen molar-refractivity contribution in [1.29, 1.82) is 0 Å². The summed E-state index contributed by atoms with van der Waals surface area (Å²) in [6.45, 7) is 5.31. The number of aromatic amines is 1. The van der Waals surface area contributed by atoms with E-state index in [0.29, 0.717) is 13.0 Å². The number of anilines is 1. The average Bonchev–Trinajstić information content (AvgIpc) is 3.17. The summed E-state index contributed by atoms with van der Waals surface area (Å²) >= 11 is 0. The fraction of sp³-hybridized carbons (Fsp3) is 0.200. The highest BCUT2D eigenvalue weighted by atomic mass is 16.2. The Morgan fingerprint density at radius 3 is 2.71 bits per heavy atom. The highest BCUT2D eigenvalue weighted by molar-refractivity contribution is 5.96. The van der Waals surface area contributed by atoms with Crippen molar-refractivity contribution >= 4 is 22.6 Å². The minimum Gasteiger partial charge on any atom is -0.311 e. The lowest BCUT2D eigenvalue weighted by molar-refractivity contribution is -0.669. The van der Waals surface area contributed by atoms with E-state index in [9.17, 15) is 4.79 Å². The summed E-state index contributed by atoms with van der Waals surface area (Å²) in [5.41, 5.74) is 3.22. The van der Waals surface area contributed by atoms with Crippen molar-refractivity contribution in [2.45, 2.75) is 18.9 Å². The van der Waals surface area contributed by atoms with Gasteiger partial charge >= 0.3 is 0 Å². The van der Waals surface area contributed by atoms with Gasteiger partial charge in [0, 0.05) is 18.7 Å². The van der Waals surface area contributed by atoms with Gasteiger partial charge in [0.2, 0.25) is 5.91 Å². The zero-order valence-electron chi connectivity index (χ0n) is 13.5. The van der Waals surface area contributed by atoms with Gasteiger partial charge in [-0.05, 0) is 24.3 Å². The van der Waals surface area contributed by atoms with Crippen molar-refractivity contribution in [3.63, 3.8) is 0 Å². The number of H-pyrrole nitrogens is 1. The van der Waals surface area contributed by atoms with Gasteiger partial charge in [0.25, 0.3) is 5.82 Å². The molecule has 1 fully saturated rings. The Kier molecular flexibility index (Phi) is 3.65. The minimum atomic E-state index is 0.157. The number of carbonyl (C=O) groups excluding carboxylic acids is 1. The Bertz CT molecular complexity index is 898. The number of aromatic nitrogens is 2. The molecule has 3 aromatic rings. The maximum absolute atomic E-state index is 12.5. The summed E-state index contributed by atoms with van der Waals surface area (Å²) in [6, 6.07) is 18.1. The third kappa shape index (κ3) is 2.40. The van der Waals surface area contributed by atoms with E-state index in [1.165, 1.54) is 0 Å². The Hall–Kier alpha value is -2.88. The smallest absolute Gasteiger partial charge is 0.260 e. The monoisotopic (exact) mass is 318 g/mol. The summed E-state index contributed by atoms with van der Waals surface area (Å²) in [5.74, 6) is 1.43. The molecular formula is C20H20N3O+. The number of allylic oxidation sites excluding steroid dienone is 1. The van der Waals surface area contributed by atoms with Crippen molar-refractivity contribution in [3.8, 4) is 0 Å². The second-order valence-electron chi connectivity index (χ2n) is 6.17. The first kappa shape index (κ1) is 14.7. The summed E-state index contributed by atoms with van der Waals surface area (Å²) < 4.78 is 2.23. The van der Waals surface area contributed by atoms with Gasteiger partial charge in [0.05, 0.1) is 5.92 Å². The van der Waals surface area contributed by atoms with E-state index in [2.05, 4.69) is 28.3 Å². The largest absolute Gasteiger partial charge is 0.311 e. The van der Waals surface area contributed by atoms with Gasteiger partial charge in [-0.15, -0.1) is 0 Å². The van der Waals surface area contributed by atoms with Crippen molar-refractivity contribution in [2.75, 3.05) is 11.4 Å². The van der Waals surface area contributed by atoms with E-state index in [1.54, 1.807) is 0 Å². The quantitative estimate of drug-likeness (QED) is 0.582. The fourth-order valence-corrected chi connectivity index (χ4v) is 3.55. The molecule has 2 heterocycles. The van der Waals surface area contributed by atoms with E-state index >= 15 is 0 Å². The number of imidazole rings is 1. The number of amides is 1. The van der Waals surface area contributed by atoms with Gasteiger partial charge in [-0.2, -0.15) is 0 Å². The van der Waals surface area contributed by atoms with Crippen LogP contribution in [0, 0.1) is 0 Å². The molecule has 1 aliphatic heterocycles. The molecule has 1 saturated heterocycles. The number of carbonyl (C=O) groups is 1. The van der Waals surface area contributed by atoms with E-state index in [-0.39, 0.29) is 11.8 Å². The van der Waals surface area contributed by atoms with Gasteiger partial charge in [-0.3, -0.25) is 4.79 Å². The average molecular weight is 318 g/mol. The normalized spacial score (nSPS) is 17.6. The SMILES string of the molecule is C=CC[n+]1c(C2CC(=O)N(c3ccccc3)C2)[nH]c2ccccc21. The first-order valence-corrected chi connectivity index (χ1v) is 8.24. The zero-order chi connectivity index (χ0) is 16.5. The molecule has 0 aliphatic carbocycles. The van der Waals surface area contributed by atoms with Crippen LogP contribution < -0.4 is 9.47 Å². The molecule has 24 heavy (non-hydrogen) atoms. The fourth-order valence-electron chi connectivity index (χ4n) is 3.55. The van der Waals surface area contributed by atoms with Crippen LogP contribution in [0.2, 0.25) is 0 Å². The number of hydrogen-bond acceptors (Lipinski definition) is 1. The van der Waals surface area contributed by atoms with E-state index in [1.807, 2.05) is 53.4 Å². The van der Waals surface area contributed by atoms with Crippen LogP contribution in [-0.4, -0.2) is 17.4 Å². The van der Waals surface area contributed by atoms with Crippen molar-refractivity contribution in [3.05, 3.63) is 73.1 Å². The highest BCUT2D eigenvalue weighted by Gasteiger charge is 2.37.